The molecular formula is C24H27N5O3. The van der Waals surface area contributed by atoms with Crippen LogP contribution >= 0.6 is 0 Å². The van der Waals surface area contributed by atoms with Gasteiger partial charge in [0.05, 0.1) is 23.0 Å². The summed E-state index contributed by atoms with van der Waals surface area (Å²) in [6.07, 6.45) is 0.0785. The maximum absolute atomic E-state index is 13.0. The Labute approximate surface area is 188 Å². The number of benzene rings is 2. The number of likely N-dealkylation sites (N-methyl/N-ethyl adjacent to an activating group) is 1. The van der Waals surface area contributed by atoms with Gasteiger partial charge < -0.3 is 20.0 Å². The molecule has 1 N–H and O–H groups in total. The van der Waals surface area contributed by atoms with Crippen LogP contribution in [0.4, 0.5) is 11.4 Å². The number of fused-ring (bicyclic) bond motifs is 1. The number of nitrogens with zero attached hydrogens (tertiary/aromatic N) is 4. The van der Waals surface area contributed by atoms with E-state index in [1.165, 1.54) is 4.90 Å². The lowest BCUT2D eigenvalue weighted by Crippen LogP contribution is -2.42. The van der Waals surface area contributed by atoms with Crippen LogP contribution in [0.3, 0.4) is 0 Å². The Hall–Kier alpha value is -3.70. The van der Waals surface area contributed by atoms with Gasteiger partial charge in [0.1, 0.15) is 6.54 Å². The largest absolute Gasteiger partial charge is 0.337 e. The number of anilines is 2. The van der Waals surface area contributed by atoms with Gasteiger partial charge in [-0.05, 0) is 43.9 Å². The summed E-state index contributed by atoms with van der Waals surface area (Å²) in [6.45, 7) is 1.56. The van der Waals surface area contributed by atoms with Crippen molar-refractivity contribution in [2.24, 2.45) is 0 Å². The third-order valence-corrected chi connectivity index (χ3v) is 5.25. The lowest BCUT2D eigenvalue weighted by atomic mass is 10.1. The van der Waals surface area contributed by atoms with Crippen LogP contribution in [-0.4, -0.2) is 61.3 Å². The Bertz CT molecular complexity index is 1030. The summed E-state index contributed by atoms with van der Waals surface area (Å²) < 4.78 is 0. The van der Waals surface area contributed by atoms with Crippen molar-refractivity contribution in [2.75, 3.05) is 43.9 Å². The smallest absolute Gasteiger partial charge is 0.244 e. The highest BCUT2D eigenvalue weighted by atomic mass is 16.2. The fraction of sp³-hybridized carbons (Fsp3) is 0.333. The molecule has 0 aliphatic carbocycles. The van der Waals surface area contributed by atoms with E-state index in [1.54, 1.807) is 35.2 Å². The van der Waals surface area contributed by atoms with Crippen LogP contribution in [0.1, 0.15) is 24.0 Å². The number of hydrogen-bond donors (Lipinski definition) is 1. The SMILES string of the molecule is CN(C)CCN(Cc1ccc(C#N)cc1)C(=O)CCC(=O)N1CC(=O)Nc2ccccc21. The Morgan fingerprint density at radius 1 is 1.06 bits per heavy atom. The van der Waals surface area contributed by atoms with E-state index in [0.717, 1.165) is 5.56 Å². The number of hydrogen-bond acceptors (Lipinski definition) is 5. The molecule has 0 saturated carbocycles. The van der Waals surface area contributed by atoms with Gasteiger partial charge in [0, 0.05) is 32.5 Å². The third kappa shape index (κ3) is 5.93. The molecule has 2 aromatic carbocycles. The predicted molar refractivity (Wildman–Crippen MR) is 122 cm³/mol. The Balaban J connectivity index is 1.65. The molecule has 1 heterocycles. The van der Waals surface area contributed by atoms with Crippen LogP contribution < -0.4 is 10.2 Å². The molecule has 3 rings (SSSR count). The normalized spacial score (nSPS) is 12.7. The van der Waals surface area contributed by atoms with Gasteiger partial charge in [0.25, 0.3) is 0 Å². The number of para-hydroxylation sites is 2. The monoisotopic (exact) mass is 433 g/mol. The molecule has 0 spiro atoms. The van der Waals surface area contributed by atoms with Crippen LogP contribution in [0, 0.1) is 11.3 Å². The van der Waals surface area contributed by atoms with Gasteiger partial charge in [0.15, 0.2) is 0 Å². The molecule has 0 atom stereocenters. The summed E-state index contributed by atoms with van der Waals surface area (Å²) in [7, 11) is 3.87. The van der Waals surface area contributed by atoms with Crippen LogP contribution in [0.25, 0.3) is 0 Å². The lowest BCUT2D eigenvalue weighted by Gasteiger charge is -2.29. The molecule has 32 heavy (non-hydrogen) atoms. The highest BCUT2D eigenvalue weighted by Gasteiger charge is 2.27. The van der Waals surface area contributed by atoms with Gasteiger partial charge in [-0.25, -0.2) is 0 Å². The molecule has 0 bridgehead atoms. The van der Waals surface area contributed by atoms with Crippen molar-refractivity contribution >= 4 is 29.1 Å². The zero-order valence-corrected chi connectivity index (χ0v) is 18.4. The second-order valence-corrected chi connectivity index (χ2v) is 7.97. The number of nitrogens with one attached hydrogen (secondary N) is 1. The summed E-state index contributed by atoms with van der Waals surface area (Å²) in [5.74, 6) is -0.636. The maximum Gasteiger partial charge on any atom is 0.244 e. The number of carbonyl (C=O) groups excluding carboxylic acids is 3. The Kier molecular flexibility index (Phi) is 7.58. The first kappa shape index (κ1) is 23.0. The van der Waals surface area contributed by atoms with Gasteiger partial charge in [-0.1, -0.05) is 24.3 Å². The fourth-order valence-electron chi connectivity index (χ4n) is 3.48. The summed E-state index contributed by atoms with van der Waals surface area (Å²) in [5.41, 5.74) is 2.73. The number of rotatable bonds is 8. The molecule has 166 valence electrons. The van der Waals surface area contributed by atoms with E-state index in [-0.39, 0.29) is 37.1 Å². The Morgan fingerprint density at radius 3 is 2.47 bits per heavy atom. The molecule has 0 aromatic heterocycles. The number of nitriles is 1. The third-order valence-electron chi connectivity index (χ3n) is 5.25. The van der Waals surface area contributed by atoms with E-state index in [4.69, 9.17) is 5.26 Å². The average Bonchev–Trinajstić information content (AvgIpc) is 2.79. The maximum atomic E-state index is 13.0. The van der Waals surface area contributed by atoms with Gasteiger partial charge >= 0.3 is 0 Å². The molecule has 0 fully saturated rings. The van der Waals surface area contributed by atoms with Crippen molar-refractivity contribution in [2.45, 2.75) is 19.4 Å². The standard InChI is InChI=1S/C24H27N5O3/c1-27(2)13-14-28(16-19-9-7-18(15-25)8-10-19)23(31)11-12-24(32)29-17-22(30)26-20-5-3-4-6-21(20)29/h3-10H,11-14,16-17H2,1-2H3,(H,26,30). The van der Waals surface area contributed by atoms with E-state index in [9.17, 15) is 14.4 Å². The van der Waals surface area contributed by atoms with Gasteiger partial charge in [-0.15, -0.1) is 0 Å². The van der Waals surface area contributed by atoms with Crippen LogP contribution in [0.2, 0.25) is 0 Å². The van der Waals surface area contributed by atoms with Gasteiger partial charge in [0.2, 0.25) is 17.7 Å². The minimum atomic E-state index is -0.258. The zero-order chi connectivity index (χ0) is 23.1. The van der Waals surface area contributed by atoms with Gasteiger partial charge in [-0.3, -0.25) is 14.4 Å². The van der Waals surface area contributed by atoms with Crippen molar-refractivity contribution in [3.8, 4) is 6.07 Å². The lowest BCUT2D eigenvalue weighted by molar-refractivity contribution is -0.133. The first-order valence-electron chi connectivity index (χ1n) is 10.5. The average molecular weight is 434 g/mol. The number of carbonyl (C=O) groups is 3. The predicted octanol–water partition coefficient (Wildman–Crippen LogP) is 2.21. The molecule has 1 aliphatic heterocycles. The van der Waals surface area contributed by atoms with Crippen molar-refractivity contribution in [1.29, 1.82) is 5.26 Å². The second kappa shape index (κ2) is 10.6. The van der Waals surface area contributed by atoms with Crippen molar-refractivity contribution in [3.63, 3.8) is 0 Å². The minimum Gasteiger partial charge on any atom is -0.337 e. The van der Waals surface area contributed by atoms with Crippen molar-refractivity contribution < 1.29 is 14.4 Å². The molecular weight excluding hydrogens is 406 g/mol. The second-order valence-electron chi connectivity index (χ2n) is 7.97. The van der Waals surface area contributed by atoms with E-state index in [1.807, 2.05) is 37.2 Å². The molecule has 0 radical (unpaired) electrons. The first-order valence-corrected chi connectivity index (χ1v) is 10.5. The van der Waals surface area contributed by atoms with Crippen molar-refractivity contribution in [1.82, 2.24) is 9.80 Å². The first-order chi connectivity index (χ1) is 15.4. The summed E-state index contributed by atoms with van der Waals surface area (Å²) in [5, 5.41) is 11.7. The fourth-order valence-corrected chi connectivity index (χ4v) is 3.48. The van der Waals surface area contributed by atoms with E-state index < -0.39 is 0 Å². The molecule has 1 aliphatic rings. The summed E-state index contributed by atoms with van der Waals surface area (Å²) in [4.78, 5) is 43.0. The molecule has 3 amide bonds. The molecule has 0 unspecified atom stereocenters. The number of amides is 3. The minimum absolute atomic E-state index is 0.0201. The van der Waals surface area contributed by atoms with E-state index in [0.29, 0.717) is 36.6 Å². The van der Waals surface area contributed by atoms with Crippen LogP contribution in [0.5, 0.6) is 0 Å². The van der Waals surface area contributed by atoms with Crippen LogP contribution in [-0.2, 0) is 20.9 Å². The highest BCUT2D eigenvalue weighted by molar-refractivity contribution is 6.10. The molecule has 2 aromatic rings. The molecule has 8 heteroatoms. The zero-order valence-electron chi connectivity index (χ0n) is 18.4. The topological polar surface area (TPSA) is 96.8 Å². The van der Waals surface area contributed by atoms with Gasteiger partial charge in [-0.2, -0.15) is 5.26 Å². The van der Waals surface area contributed by atoms with E-state index in [2.05, 4.69) is 11.4 Å². The summed E-state index contributed by atoms with van der Waals surface area (Å²) in [6, 6.07) is 16.3. The van der Waals surface area contributed by atoms with Crippen molar-refractivity contribution in [3.05, 3.63) is 59.7 Å². The van der Waals surface area contributed by atoms with E-state index >= 15 is 0 Å². The highest BCUT2D eigenvalue weighted by Crippen LogP contribution is 2.29. The molecule has 0 saturated heterocycles. The molecule has 8 nitrogen and oxygen atoms in total. The summed E-state index contributed by atoms with van der Waals surface area (Å²) >= 11 is 0. The Morgan fingerprint density at radius 2 is 1.78 bits per heavy atom. The van der Waals surface area contributed by atoms with Crippen LogP contribution in [0.15, 0.2) is 48.5 Å². The quantitative estimate of drug-likeness (QED) is 0.689.